The van der Waals surface area contributed by atoms with Crippen LogP contribution in [0.1, 0.15) is 56.7 Å². The van der Waals surface area contributed by atoms with Gasteiger partial charge in [0, 0.05) is 17.5 Å². The van der Waals surface area contributed by atoms with E-state index in [-0.39, 0.29) is 17.6 Å². The average Bonchev–Trinajstić information content (AvgIpc) is 3.39. The Balaban J connectivity index is 1.22. The quantitative estimate of drug-likeness (QED) is 0.510. The van der Waals surface area contributed by atoms with Gasteiger partial charge in [0.25, 0.3) is 0 Å². The summed E-state index contributed by atoms with van der Waals surface area (Å²) in [6, 6.07) is 10.6. The molecule has 4 nitrogen and oxygen atoms in total. The van der Waals surface area contributed by atoms with Gasteiger partial charge in [-0.05, 0) is 104 Å². The predicted molar refractivity (Wildman–Crippen MR) is 128 cm³/mol. The Hall–Kier alpha value is -3.26. The van der Waals surface area contributed by atoms with Gasteiger partial charge in [-0.2, -0.15) is 0 Å². The van der Waals surface area contributed by atoms with Crippen LogP contribution in [-0.2, 0) is 4.79 Å². The Kier molecular flexibility index (Phi) is 5.85. The van der Waals surface area contributed by atoms with Crippen molar-refractivity contribution >= 4 is 22.5 Å². The van der Waals surface area contributed by atoms with E-state index < -0.39 is 0 Å². The number of aromatic nitrogens is 2. The predicted octanol–water partition coefficient (Wildman–Crippen LogP) is 5.93. The number of hydrogen-bond donors (Lipinski definition) is 1. The summed E-state index contributed by atoms with van der Waals surface area (Å²) in [4.78, 5) is 21.6. The Morgan fingerprint density at radius 1 is 1.09 bits per heavy atom. The van der Waals surface area contributed by atoms with Crippen LogP contribution in [0.25, 0.3) is 10.9 Å². The Morgan fingerprint density at radius 3 is 2.58 bits per heavy atom. The molecule has 2 aliphatic rings. The van der Waals surface area contributed by atoms with Crippen LogP contribution in [0.4, 0.5) is 10.1 Å². The first-order valence-electron chi connectivity index (χ1n) is 11.8. The molecule has 5 rings (SSSR count). The number of nitrogens with zero attached hydrogens (tertiary/aromatic N) is 2. The van der Waals surface area contributed by atoms with E-state index in [1.54, 1.807) is 25.3 Å². The zero-order valence-electron chi connectivity index (χ0n) is 19.0. The minimum absolute atomic E-state index is 0.0417. The summed E-state index contributed by atoms with van der Waals surface area (Å²) in [5.41, 5.74) is 3.49. The van der Waals surface area contributed by atoms with Crippen molar-refractivity contribution in [1.82, 2.24) is 9.97 Å². The number of fused-ring (bicyclic) bond motifs is 2. The van der Waals surface area contributed by atoms with Crippen LogP contribution in [0.15, 0.2) is 48.8 Å². The smallest absolute Gasteiger partial charge is 0.227 e. The van der Waals surface area contributed by atoms with Gasteiger partial charge in [0.05, 0.1) is 17.4 Å². The van der Waals surface area contributed by atoms with Crippen LogP contribution >= 0.6 is 0 Å². The number of amides is 1. The first-order chi connectivity index (χ1) is 16.0. The number of hydrogen-bond acceptors (Lipinski definition) is 3. The Bertz CT molecular complexity index is 1230. The first-order valence-corrected chi connectivity index (χ1v) is 11.8. The molecule has 168 valence electrons. The number of anilines is 1. The molecule has 0 bridgehead atoms. The molecule has 1 aromatic carbocycles. The maximum Gasteiger partial charge on any atom is 0.227 e. The fourth-order valence-corrected chi connectivity index (χ4v) is 5.96. The van der Waals surface area contributed by atoms with Gasteiger partial charge >= 0.3 is 0 Å². The summed E-state index contributed by atoms with van der Waals surface area (Å²) < 4.78 is 13.9. The molecule has 0 spiro atoms. The molecule has 1 N–H and O–H groups in total. The van der Waals surface area contributed by atoms with E-state index in [0.29, 0.717) is 35.1 Å². The number of halogens is 1. The second kappa shape index (κ2) is 8.94. The van der Waals surface area contributed by atoms with Crippen LogP contribution in [-0.4, -0.2) is 15.9 Å². The third-order valence-corrected chi connectivity index (χ3v) is 7.63. The molecule has 3 aromatic rings. The fraction of sp³-hybridized carbons (Fsp3) is 0.393. The summed E-state index contributed by atoms with van der Waals surface area (Å²) in [5.74, 6) is 7.62. The summed E-state index contributed by atoms with van der Waals surface area (Å²) in [6.45, 7) is 3.82. The summed E-state index contributed by atoms with van der Waals surface area (Å²) >= 11 is 0. The van der Waals surface area contributed by atoms with Crippen LogP contribution in [0.2, 0.25) is 0 Å². The van der Waals surface area contributed by atoms with Crippen molar-refractivity contribution in [3.05, 3.63) is 65.9 Å². The number of nitrogens with one attached hydrogen (secondary N) is 1. The molecule has 0 radical (unpaired) electrons. The van der Waals surface area contributed by atoms with Crippen LogP contribution in [0.5, 0.6) is 0 Å². The minimum Gasteiger partial charge on any atom is -0.324 e. The largest absolute Gasteiger partial charge is 0.324 e. The lowest BCUT2D eigenvalue weighted by molar-refractivity contribution is -0.120. The third kappa shape index (κ3) is 4.35. The SMILES string of the molecule is CC#Cc1ccc(NC(=O)C(C)C2C[C@H]3CC(c4ccnc5ccc(F)cc45)C[C@H]3C2)cn1. The lowest BCUT2D eigenvalue weighted by Crippen LogP contribution is -2.26. The lowest BCUT2D eigenvalue weighted by atomic mass is 9.86. The fourth-order valence-electron chi connectivity index (χ4n) is 5.96. The van der Waals surface area contributed by atoms with Gasteiger partial charge in [0.1, 0.15) is 11.5 Å². The number of carbonyl (C=O) groups excluding carboxylic acids is 1. The van der Waals surface area contributed by atoms with E-state index >= 15 is 0 Å². The number of benzene rings is 1. The second-order valence-electron chi connectivity index (χ2n) is 9.57. The van der Waals surface area contributed by atoms with Gasteiger partial charge in [0.2, 0.25) is 5.91 Å². The molecule has 5 atom stereocenters. The maximum atomic E-state index is 13.9. The molecule has 0 aliphatic heterocycles. The molecule has 5 heteroatoms. The van der Waals surface area contributed by atoms with E-state index in [0.717, 1.165) is 36.6 Å². The molecule has 33 heavy (non-hydrogen) atoms. The van der Waals surface area contributed by atoms with Gasteiger partial charge in [-0.3, -0.25) is 9.78 Å². The summed E-state index contributed by atoms with van der Waals surface area (Å²) in [7, 11) is 0. The van der Waals surface area contributed by atoms with Gasteiger partial charge < -0.3 is 5.32 Å². The molecule has 2 aliphatic carbocycles. The van der Waals surface area contributed by atoms with Crippen molar-refractivity contribution in [2.24, 2.45) is 23.7 Å². The standard InChI is InChI=1S/C28H28FN3O/c1-3-4-23-6-7-24(16-31-23)32-28(33)17(2)18-11-19-13-21(14-20(19)12-18)25-9-10-30-27-8-5-22(29)15-26(25)27/h5-10,15-21H,11-14H2,1-2H3,(H,32,33)/t17?,18?,19-,20+,21?. The summed E-state index contributed by atoms with van der Waals surface area (Å²) in [6.07, 6.45) is 7.88. The van der Waals surface area contributed by atoms with Crippen molar-refractivity contribution in [3.63, 3.8) is 0 Å². The molecule has 2 fully saturated rings. The molecule has 2 saturated carbocycles. The van der Waals surface area contributed by atoms with E-state index in [1.807, 2.05) is 25.3 Å². The van der Waals surface area contributed by atoms with Crippen molar-refractivity contribution in [1.29, 1.82) is 0 Å². The van der Waals surface area contributed by atoms with Crippen LogP contribution < -0.4 is 5.32 Å². The Morgan fingerprint density at radius 2 is 1.88 bits per heavy atom. The Labute approximate surface area is 194 Å². The molecular formula is C28H28FN3O. The molecule has 2 aromatic heterocycles. The third-order valence-electron chi connectivity index (χ3n) is 7.63. The van der Waals surface area contributed by atoms with Crippen molar-refractivity contribution in [3.8, 4) is 11.8 Å². The van der Waals surface area contributed by atoms with E-state index in [4.69, 9.17) is 0 Å². The molecule has 2 heterocycles. The van der Waals surface area contributed by atoms with Crippen molar-refractivity contribution < 1.29 is 9.18 Å². The van der Waals surface area contributed by atoms with E-state index in [9.17, 15) is 9.18 Å². The highest BCUT2D eigenvalue weighted by Gasteiger charge is 2.44. The van der Waals surface area contributed by atoms with Gasteiger partial charge in [0.15, 0.2) is 0 Å². The number of pyridine rings is 2. The molecule has 0 saturated heterocycles. The molecular weight excluding hydrogens is 413 g/mol. The number of carbonyl (C=O) groups is 1. The van der Waals surface area contributed by atoms with Crippen molar-refractivity contribution in [2.75, 3.05) is 5.32 Å². The second-order valence-corrected chi connectivity index (χ2v) is 9.57. The molecule has 3 unspecified atom stereocenters. The average molecular weight is 442 g/mol. The van der Waals surface area contributed by atoms with Gasteiger partial charge in [-0.1, -0.05) is 12.8 Å². The van der Waals surface area contributed by atoms with Gasteiger partial charge in [-0.15, -0.1) is 0 Å². The highest BCUT2D eigenvalue weighted by molar-refractivity contribution is 5.92. The van der Waals surface area contributed by atoms with Crippen molar-refractivity contribution in [2.45, 2.75) is 45.4 Å². The minimum atomic E-state index is -0.210. The van der Waals surface area contributed by atoms with Crippen LogP contribution in [0, 0.1) is 41.3 Å². The zero-order valence-corrected chi connectivity index (χ0v) is 19.0. The van der Waals surface area contributed by atoms with E-state index in [2.05, 4.69) is 33.2 Å². The van der Waals surface area contributed by atoms with Crippen LogP contribution in [0.3, 0.4) is 0 Å². The first kappa shape index (κ1) is 21.6. The highest BCUT2D eigenvalue weighted by Crippen LogP contribution is 2.54. The maximum absolute atomic E-state index is 13.9. The van der Waals surface area contributed by atoms with E-state index in [1.165, 1.54) is 11.6 Å². The van der Waals surface area contributed by atoms with Gasteiger partial charge in [-0.25, -0.2) is 9.37 Å². The lowest BCUT2D eigenvalue weighted by Gasteiger charge is -2.21. The monoisotopic (exact) mass is 441 g/mol. The molecule has 1 amide bonds. The topological polar surface area (TPSA) is 54.9 Å². The summed E-state index contributed by atoms with van der Waals surface area (Å²) in [5, 5.41) is 3.96. The zero-order chi connectivity index (χ0) is 22.9. The normalized spacial score (nSPS) is 24.7. The highest BCUT2D eigenvalue weighted by atomic mass is 19.1. The number of rotatable bonds is 4.